The molecule has 4 nitrogen and oxygen atoms in total. The van der Waals surface area contributed by atoms with E-state index in [0.717, 1.165) is 23.5 Å². The number of thioether (sulfide) groups is 1. The third-order valence-electron chi connectivity index (χ3n) is 3.91. The molecule has 124 valence electrons. The summed E-state index contributed by atoms with van der Waals surface area (Å²) in [6.45, 7) is 0.720. The molecule has 0 unspecified atom stereocenters. The third-order valence-corrected chi connectivity index (χ3v) is 4.96. The third kappa shape index (κ3) is 3.57. The molecule has 1 fully saturated rings. The molecule has 1 saturated heterocycles. The fourth-order valence-electron chi connectivity index (χ4n) is 2.68. The van der Waals surface area contributed by atoms with Crippen molar-refractivity contribution < 1.29 is 9.59 Å². The smallest absolute Gasteiger partial charge is 0.257 e. The summed E-state index contributed by atoms with van der Waals surface area (Å²) in [5, 5.41) is 3.27. The van der Waals surface area contributed by atoms with E-state index in [2.05, 4.69) is 5.32 Å². The van der Waals surface area contributed by atoms with Crippen molar-refractivity contribution in [1.29, 1.82) is 0 Å². The predicted octanol–water partition coefficient (Wildman–Crippen LogP) is 4.44. The van der Waals surface area contributed by atoms with Gasteiger partial charge in [0.2, 0.25) is 5.91 Å². The van der Waals surface area contributed by atoms with Crippen LogP contribution in [0.4, 0.5) is 11.4 Å². The zero-order valence-electron chi connectivity index (χ0n) is 13.2. The van der Waals surface area contributed by atoms with Crippen molar-refractivity contribution in [2.45, 2.75) is 17.7 Å². The van der Waals surface area contributed by atoms with Gasteiger partial charge in [0, 0.05) is 29.2 Å². The average molecular weight is 361 g/mol. The van der Waals surface area contributed by atoms with Crippen LogP contribution < -0.4 is 10.2 Å². The van der Waals surface area contributed by atoms with Gasteiger partial charge in [-0.15, -0.1) is 11.8 Å². The summed E-state index contributed by atoms with van der Waals surface area (Å²) in [5.74, 6) is -0.144. The summed E-state index contributed by atoms with van der Waals surface area (Å²) in [5.41, 5.74) is 1.88. The number of carbonyl (C=O) groups excluding carboxylic acids is 2. The average Bonchev–Trinajstić information content (AvgIpc) is 3.01. The molecule has 1 aliphatic rings. The van der Waals surface area contributed by atoms with Crippen LogP contribution in [-0.2, 0) is 4.79 Å². The van der Waals surface area contributed by atoms with Crippen molar-refractivity contribution in [3.63, 3.8) is 0 Å². The van der Waals surface area contributed by atoms with Crippen LogP contribution in [0.5, 0.6) is 0 Å². The van der Waals surface area contributed by atoms with Crippen LogP contribution in [0.3, 0.4) is 0 Å². The molecule has 0 aromatic heterocycles. The standard InChI is InChI=1S/C18H17ClN2O2S/c1-24-14-7-8-16(19)15(11-14)18(23)20-12-4-2-5-13(10-12)21-9-3-6-17(21)22/h2,4-5,7-8,10-11H,3,6,9H2,1H3,(H,20,23). The first-order valence-electron chi connectivity index (χ1n) is 7.64. The fourth-order valence-corrected chi connectivity index (χ4v) is 3.32. The van der Waals surface area contributed by atoms with Crippen LogP contribution in [0, 0.1) is 0 Å². The number of nitrogens with zero attached hydrogens (tertiary/aromatic N) is 1. The van der Waals surface area contributed by atoms with Gasteiger partial charge in [0.25, 0.3) is 5.91 Å². The van der Waals surface area contributed by atoms with Crippen molar-refractivity contribution in [3.05, 3.63) is 53.1 Å². The molecule has 24 heavy (non-hydrogen) atoms. The molecule has 0 aliphatic carbocycles. The van der Waals surface area contributed by atoms with Crippen molar-refractivity contribution in [3.8, 4) is 0 Å². The Morgan fingerprint density at radius 2 is 2.08 bits per heavy atom. The summed E-state index contributed by atoms with van der Waals surface area (Å²) in [4.78, 5) is 27.1. The van der Waals surface area contributed by atoms with E-state index in [0.29, 0.717) is 22.7 Å². The zero-order chi connectivity index (χ0) is 17.1. The van der Waals surface area contributed by atoms with E-state index in [4.69, 9.17) is 11.6 Å². The number of carbonyl (C=O) groups is 2. The topological polar surface area (TPSA) is 49.4 Å². The Bertz CT molecular complexity index is 794. The normalized spacial score (nSPS) is 14.1. The van der Waals surface area contributed by atoms with Crippen molar-refractivity contribution in [2.75, 3.05) is 23.0 Å². The molecular weight excluding hydrogens is 344 g/mol. The monoisotopic (exact) mass is 360 g/mol. The molecule has 0 spiro atoms. The summed E-state index contributed by atoms with van der Waals surface area (Å²) in [6, 6.07) is 12.7. The first-order chi connectivity index (χ1) is 11.6. The highest BCUT2D eigenvalue weighted by molar-refractivity contribution is 7.98. The minimum atomic E-state index is -0.263. The molecule has 2 amide bonds. The first-order valence-corrected chi connectivity index (χ1v) is 9.24. The second kappa shape index (κ2) is 7.28. The molecule has 6 heteroatoms. The summed E-state index contributed by atoms with van der Waals surface area (Å²) < 4.78 is 0. The van der Waals surface area contributed by atoms with E-state index in [1.54, 1.807) is 34.9 Å². The number of halogens is 1. The van der Waals surface area contributed by atoms with Gasteiger partial charge in [0.05, 0.1) is 10.6 Å². The summed E-state index contributed by atoms with van der Waals surface area (Å²) >= 11 is 7.70. The molecule has 1 N–H and O–H groups in total. The minimum absolute atomic E-state index is 0.120. The number of amides is 2. The predicted molar refractivity (Wildman–Crippen MR) is 99.2 cm³/mol. The number of hydrogen-bond acceptors (Lipinski definition) is 3. The summed E-state index contributed by atoms with van der Waals surface area (Å²) in [7, 11) is 0. The van der Waals surface area contributed by atoms with E-state index in [1.807, 2.05) is 30.5 Å². The van der Waals surface area contributed by atoms with Gasteiger partial charge in [-0.3, -0.25) is 9.59 Å². The quantitative estimate of drug-likeness (QED) is 0.820. The second-order valence-corrected chi connectivity index (χ2v) is 6.79. The lowest BCUT2D eigenvalue weighted by molar-refractivity contribution is -0.117. The molecule has 2 aromatic rings. The number of nitrogens with one attached hydrogen (secondary N) is 1. The SMILES string of the molecule is CSc1ccc(Cl)c(C(=O)Nc2cccc(N3CCCC3=O)c2)c1. The lowest BCUT2D eigenvalue weighted by Crippen LogP contribution is -2.23. The largest absolute Gasteiger partial charge is 0.322 e. The molecule has 0 saturated carbocycles. The fraction of sp³-hybridized carbons (Fsp3) is 0.222. The number of rotatable bonds is 4. The minimum Gasteiger partial charge on any atom is -0.322 e. The van der Waals surface area contributed by atoms with Gasteiger partial charge in [-0.05, 0) is 49.1 Å². The van der Waals surface area contributed by atoms with E-state index < -0.39 is 0 Å². The first kappa shape index (κ1) is 16.9. The Balaban J connectivity index is 1.81. The molecule has 0 radical (unpaired) electrons. The maximum atomic E-state index is 12.5. The van der Waals surface area contributed by atoms with Crippen LogP contribution in [0.2, 0.25) is 5.02 Å². The highest BCUT2D eigenvalue weighted by Gasteiger charge is 2.22. The van der Waals surface area contributed by atoms with Crippen LogP contribution >= 0.6 is 23.4 Å². The highest BCUT2D eigenvalue weighted by Crippen LogP contribution is 2.26. The molecular formula is C18H17ClN2O2S. The van der Waals surface area contributed by atoms with E-state index in [9.17, 15) is 9.59 Å². The number of anilines is 2. The number of hydrogen-bond donors (Lipinski definition) is 1. The molecule has 0 atom stereocenters. The van der Waals surface area contributed by atoms with Crippen molar-refractivity contribution >= 4 is 46.6 Å². The van der Waals surface area contributed by atoms with Crippen LogP contribution in [0.25, 0.3) is 0 Å². The van der Waals surface area contributed by atoms with E-state index in [1.165, 1.54) is 0 Å². The van der Waals surface area contributed by atoms with Gasteiger partial charge in [-0.2, -0.15) is 0 Å². The van der Waals surface area contributed by atoms with Gasteiger partial charge in [-0.1, -0.05) is 17.7 Å². The maximum absolute atomic E-state index is 12.5. The lowest BCUT2D eigenvalue weighted by atomic mass is 10.2. The zero-order valence-corrected chi connectivity index (χ0v) is 14.8. The van der Waals surface area contributed by atoms with Gasteiger partial charge in [-0.25, -0.2) is 0 Å². The Labute approximate surface area is 150 Å². The van der Waals surface area contributed by atoms with Gasteiger partial charge < -0.3 is 10.2 Å². The van der Waals surface area contributed by atoms with Crippen LogP contribution in [-0.4, -0.2) is 24.6 Å². The molecule has 0 bridgehead atoms. The Morgan fingerprint density at radius 3 is 2.79 bits per heavy atom. The highest BCUT2D eigenvalue weighted by atomic mass is 35.5. The molecule has 2 aromatic carbocycles. The van der Waals surface area contributed by atoms with Gasteiger partial charge in [0.1, 0.15) is 0 Å². The van der Waals surface area contributed by atoms with Gasteiger partial charge >= 0.3 is 0 Å². The second-order valence-electron chi connectivity index (χ2n) is 5.50. The van der Waals surface area contributed by atoms with Crippen LogP contribution in [0.15, 0.2) is 47.4 Å². The van der Waals surface area contributed by atoms with E-state index in [-0.39, 0.29) is 11.8 Å². The lowest BCUT2D eigenvalue weighted by Gasteiger charge is -2.17. The number of benzene rings is 2. The molecule has 1 heterocycles. The molecule has 3 rings (SSSR count). The van der Waals surface area contributed by atoms with Crippen LogP contribution in [0.1, 0.15) is 23.2 Å². The Morgan fingerprint density at radius 1 is 1.25 bits per heavy atom. The van der Waals surface area contributed by atoms with Crippen molar-refractivity contribution in [2.24, 2.45) is 0 Å². The Kier molecular flexibility index (Phi) is 5.11. The van der Waals surface area contributed by atoms with E-state index >= 15 is 0 Å². The van der Waals surface area contributed by atoms with Gasteiger partial charge in [0.15, 0.2) is 0 Å². The molecule has 1 aliphatic heterocycles. The maximum Gasteiger partial charge on any atom is 0.257 e. The van der Waals surface area contributed by atoms with Crippen molar-refractivity contribution in [1.82, 2.24) is 0 Å². The summed E-state index contributed by atoms with van der Waals surface area (Å²) in [6.07, 6.45) is 3.39. The Hall–Kier alpha value is -1.98.